The molecule has 1 heterocycles. The predicted octanol–water partition coefficient (Wildman–Crippen LogP) is 0.464. The van der Waals surface area contributed by atoms with Crippen molar-refractivity contribution < 1.29 is 9.72 Å². The molecule has 0 fully saturated rings. The van der Waals surface area contributed by atoms with Gasteiger partial charge in [0.25, 0.3) is 16.8 Å². The van der Waals surface area contributed by atoms with Crippen LogP contribution in [0.1, 0.15) is 15.9 Å². The molecule has 0 amide bonds. The molecular weight excluding hydrogens is 350 g/mol. The molecule has 0 radical (unpaired) electrons. The number of aromatic nitrogens is 2. The molecule has 3 aromatic rings. The lowest BCUT2D eigenvalue weighted by Gasteiger charge is -1.96. The number of carbonyl (C=O) groups excluding carboxylic acids is 1. The Kier molecular flexibility index (Phi) is 4.89. The molecule has 0 saturated carbocycles. The number of nitro groups is 1. The zero-order valence-electron chi connectivity index (χ0n) is 13.8. The standard InChI is InChI=1S/C19H13N3O5/c23-17(13-4-2-1-3-5-13)11-16-19(25)21-18(24)15(20-16)10-12-6-8-14(9-7-12)22(26)27/h1-11,20H,(H,21,24,25)/b15-10+,16-11+. The highest BCUT2D eigenvalue weighted by molar-refractivity contribution is 6.16. The van der Waals surface area contributed by atoms with Crippen molar-refractivity contribution in [1.82, 2.24) is 9.97 Å². The molecule has 2 aromatic carbocycles. The largest absolute Gasteiger partial charge is 0.346 e. The van der Waals surface area contributed by atoms with Crippen LogP contribution in [-0.4, -0.2) is 20.7 Å². The number of H-pyrrole nitrogens is 2. The summed E-state index contributed by atoms with van der Waals surface area (Å²) in [6.45, 7) is 0. The number of hydrogen-bond acceptors (Lipinski definition) is 5. The summed E-state index contributed by atoms with van der Waals surface area (Å²) in [6.07, 6.45) is 2.53. The van der Waals surface area contributed by atoms with Gasteiger partial charge in [0.15, 0.2) is 5.78 Å². The second kappa shape index (κ2) is 7.44. The average molecular weight is 363 g/mol. The molecule has 27 heavy (non-hydrogen) atoms. The molecule has 0 aliphatic rings. The Morgan fingerprint density at radius 1 is 0.889 bits per heavy atom. The second-order valence-electron chi connectivity index (χ2n) is 5.60. The van der Waals surface area contributed by atoms with Crippen molar-refractivity contribution in [2.24, 2.45) is 0 Å². The van der Waals surface area contributed by atoms with Gasteiger partial charge in [-0.25, -0.2) is 0 Å². The monoisotopic (exact) mass is 363 g/mol. The Morgan fingerprint density at radius 3 is 2.15 bits per heavy atom. The fourth-order valence-electron chi connectivity index (χ4n) is 2.38. The molecule has 134 valence electrons. The maximum Gasteiger partial charge on any atom is 0.274 e. The zero-order chi connectivity index (χ0) is 19.4. The number of rotatable bonds is 4. The maximum atomic E-state index is 12.2. The lowest BCUT2D eigenvalue weighted by Crippen LogP contribution is -2.47. The molecule has 8 heteroatoms. The highest BCUT2D eigenvalue weighted by atomic mass is 16.6. The molecule has 2 N–H and O–H groups in total. The minimum Gasteiger partial charge on any atom is -0.346 e. The van der Waals surface area contributed by atoms with E-state index in [-0.39, 0.29) is 16.4 Å². The fourth-order valence-corrected chi connectivity index (χ4v) is 2.38. The third kappa shape index (κ3) is 4.13. The van der Waals surface area contributed by atoms with Crippen LogP contribution in [0.2, 0.25) is 0 Å². The number of non-ortho nitro benzene ring substituents is 1. The first-order valence-electron chi connectivity index (χ1n) is 7.84. The number of nitro benzene ring substituents is 1. The van der Waals surface area contributed by atoms with E-state index in [9.17, 15) is 24.5 Å². The van der Waals surface area contributed by atoms with Gasteiger partial charge in [-0.3, -0.25) is 29.5 Å². The van der Waals surface area contributed by atoms with Gasteiger partial charge >= 0.3 is 0 Å². The number of benzene rings is 2. The molecule has 3 rings (SSSR count). The number of nitrogens with zero attached hydrogens (tertiary/aromatic N) is 1. The lowest BCUT2D eigenvalue weighted by atomic mass is 10.1. The molecule has 1 aromatic heterocycles. The third-order valence-electron chi connectivity index (χ3n) is 3.73. The van der Waals surface area contributed by atoms with Crippen molar-refractivity contribution >= 4 is 23.6 Å². The summed E-state index contributed by atoms with van der Waals surface area (Å²) in [5.74, 6) is -0.391. The Hall–Kier alpha value is -4.07. The summed E-state index contributed by atoms with van der Waals surface area (Å²) < 4.78 is 0. The lowest BCUT2D eigenvalue weighted by molar-refractivity contribution is -0.384. The minimum atomic E-state index is -0.717. The molecule has 0 saturated heterocycles. The maximum absolute atomic E-state index is 12.2. The minimum absolute atomic E-state index is 0.0376. The van der Waals surface area contributed by atoms with Crippen molar-refractivity contribution in [1.29, 1.82) is 0 Å². The summed E-state index contributed by atoms with van der Waals surface area (Å²) in [6, 6.07) is 13.9. The number of ketones is 1. The number of nitrogens with one attached hydrogen (secondary N) is 2. The summed E-state index contributed by atoms with van der Waals surface area (Å²) in [5.41, 5.74) is -0.547. The van der Waals surface area contributed by atoms with Crippen LogP contribution < -0.4 is 21.8 Å². The SMILES string of the molecule is O=C(/C=c1/[nH]/c(=C/c2ccc([N+](=O)[O-])cc2)c(=O)[nH]c1=O)c1ccccc1. The predicted molar refractivity (Wildman–Crippen MR) is 98.8 cm³/mol. The highest BCUT2D eigenvalue weighted by Crippen LogP contribution is 2.11. The van der Waals surface area contributed by atoms with E-state index in [0.29, 0.717) is 11.1 Å². The number of aromatic amines is 2. The van der Waals surface area contributed by atoms with Gasteiger partial charge in [0.2, 0.25) is 0 Å². The summed E-state index contributed by atoms with van der Waals surface area (Å²) in [7, 11) is 0. The Labute approximate surface area is 151 Å². The van der Waals surface area contributed by atoms with E-state index in [1.165, 1.54) is 30.3 Å². The molecular formula is C19H13N3O5. The van der Waals surface area contributed by atoms with E-state index < -0.39 is 21.8 Å². The van der Waals surface area contributed by atoms with Gasteiger partial charge < -0.3 is 4.98 Å². The van der Waals surface area contributed by atoms with Gasteiger partial charge in [-0.15, -0.1) is 0 Å². The zero-order valence-corrected chi connectivity index (χ0v) is 13.8. The van der Waals surface area contributed by atoms with E-state index in [1.54, 1.807) is 30.3 Å². The molecule has 0 atom stereocenters. The van der Waals surface area contributed by atoms with Crippen LogP contribution in [0.5, 0.6) is 0 Å². The topological polar surface area (TPSA) is 126 Å². The first kappa shape index (κ1) is 17.7. The van der Waals surface area contributed by atoms with Crippen LogP contribution in [0.25, 0.3) is 12.2 Å². The molecule has 0 aliphatic carbocycles. The number of hydrogen-bond donors (Lipinski definition) is 2. The fraction of sp³-hybridized carbons (Fsp3) is 0. The van der Waals surface area contributed by atoms with Crippen molar-refractivity contribution in [2.75, 3.05) is 0 Å². The summed E-state index contributed by atoms with van der Waals surface area (Å²) in [5, 5.41) is 10.7. The van der Waals surface area contributed by atoms with Crippen LogP contribution in [0.15, 0.2) is 64.2 Å². The Morgan fingerprint density at radius 2 is 1.52 bits per heavy atom. The van der Waals surface area contributed by atoms with Crippen LogP contribution in [0.4, 0.5) is 5.69 Å². The molecule has 0 bridgehead atoms. The van der Waals surface area contributed by atoms with Crippen molar-refractivity contribution in [3.8, 4) is 0 Å². The van der Waals surface area contributed by atoms with E-state index in [2.05, 4.69) is 9.97 Å². The quantitative estimate of drug-likeness (QED) is 0.396. The van der Waals surface area contributed by atoms with Gasteiger partial charge in [0.1, 0.15) is 10.7 Å². The van der Waals surface area contributed by atoms with E-state index in [0.717, 1.165) is 6.08 Å². The Balaban J connectivity index is 2.08. The van der Waals surface area contributed by atoms with Crippen molar-refractivity contribution in [3.63, 3.8) is 0 Å². The van der Waals surface area contributed by atoms with Gasteiger partial charge in [-0.05, 0) is 23.8 Å². The normalized spacial score (nSPS) is 12.1. The number of carbonyl (C=O) groups is 1. The van der Waals surface area contributed by atoms with Crippen LogP contribution in [0, 0.1) is 10.1 Å². The van der Waals surface area contributed by atoms with Gasteiger partial charge in [-0.1, -0.05) is 30.3 Å². The molecule has 8 nitrogen and oxygen atoms in total. The average Bonchev–Trinajstić information content (AvgIpc) is 2.66. The van der Waals surface area contributed by atoms with Crippen molar-refractivity contribution in [3.05, 3.63) is 107 Å². The van der Waals surface area contributed by atoms with Crippen LogP contribution in [0.3, 0.4) is 0 Å². The van der Waals surface area contributed by atoms with Crippen LogP contribution in [-0.2, 0) is 0 Å². The highest BCUT2D eigenvalue weighted by Gasteiger charge is 2.04. The smallest absolute Gasteiger partial charge is 0.274 e. The summed E-state index contributed by atoms with van der Waals surface area (Å²) in [4.78, 5) is 51.2. The van der Waals surface area contributed by atoms with Gasteiger partial charge in [-0.2, -0.15) is 0 Å². The summed E-state index contributed by atoms with van der Waals surface area (Å²) >= 11 is 0. The first-order valence-corrected chi connectivity index (χ1v) is 7.84. The molecule has 0 unspecified atom stereocenters. The van der Waals surface area contributed by atoms with E-state index >= 15 is 0 Å². The van der Waals surface area contributed by atoms with E-state index in [4.69, 9.17) is 0 Å². The molecule has 0 spiro atoms. The second-order valence-corrected chi connectivity index (χ2v) is 5.60. The number of Topliss-reactive ketones (excluding diaryl/α,β-unsaturated/α-hetero) is 1. The van der Waals surface area contributed by atoms with Crippen molar-refractivity contribution in [2.45, 2.75) is 0 Å². The van der Waals surface area contributed by atoms with E-state index in [1.807, 2.05) is 0 Å². The third-order valence-corrected chi connectivity index (χ3v) is 3.73. The molecule has 0 aliphatic heterocycles. The Bertz CT molecular complexity index is 1240. The van der Waals surface area contributed by atoms with Gasteiger partial charge in [0.05, 0.1) is 4.92 Å². The first-order chi connectivity index (χ1) is 12.9. The van der Waals surface area contributed by atoms with Crippen LogP contribution >= 0.6 is 0 Å². The van der Waals surface area contributed by atoms with Gasteiger partial charge in [0, 0.05) is 23.8 Å².